The van der Waals surface area contributed by atoms with Crippen LogP contribution >= 0.6 is 0 Å². The molecule has 2 N–H and O–H groups in total. The first-order valence-electron chi connectivity index (χ1n) is 6.24. The first kappa shape index (κ1) is 12.3. The summed E-state index contributed by atoms with van der Waals surface area (Å²) in [6.07, 6.45) is 3.35. The Balaban J connectivity index is 2.06. The van der Waals surface area contributed by atoms with Crippen LogP contribution in [-0.2, 0) is 11.2 Å². The number of hydrogen-bond donors (Lipinski definition) is 1. The first-order valence-corrected chi connectivity index (χ1v) is 6.24. The van der Waals surface area contributed by atoms with E-state index in [-0.39, 0.29) is 12.2 Å². The number of ether oxygens (including phenoxy) is 1. The minimum absolute atomic E-state index is 0.268. The summed E-state index contributed by atoms with van der Waals surface area (Å²) >= 11 is 0. The third-order valence-corrected chi connectivity index (χ3v) is 2.99. The summed E-state index contributed by atoms with van der Waals surface area (Å²) in [6.45, 7) is 6.70. The molecule has 0 aromatic carbocycles. The van der Waals surface area contributed by atoms with Gasteiger partial charge in [0.05, 0.1) is 12.2 Å². The van der Waals surface area contributed by atoms with Crippen molar-refractivity contribution in [3.63, 3.8) is 0 Å². The largest absolute Gasteiger partial charge is 0.372 e. The van der Waals surface area contributed by atoms with Gasteiger partial charge >= 0.3 is 0 Å². The van der Waals surface area contributed by atoms with Crippen LogP contribution in [0.25, 0.3) is 0 Å². The average molecular weight is 235 g/mol. The minimum Gasteiger partial charge on any atom is -0.372 e. The maximum Gasteiger partial charge on any atom is 0.128 e. The number of pyridine rings is 1. The Bertz CT molecular complexity index is 342. The van der Waals surface area contributed by atoms with Crippen LogP contribution in [0.3, 0.4) is 0 Å². The predicted molar refractivity (Wildman–Crippen MR) is 69.2 cm³/mol. The Morgan fingerprint density at radius 3 is 2.59 bits per heavy atom. The van der Waals surface area contributed by atoms with Crippen molar-refractivity contribution in [2.24, 2.45) is 5.73 Å². The smallest absolute Gasteiger partial charge is 0.128 e. The topological polar surface area (TPSA) is 51.4 Å². The summed E-state index contributed by atoms with van der Waals surface area (Å²) < 4.78 is 5.71. The van der Waals surface area contributed by atoms with Gasteiger partial charge in [-0.2, -0.15) is 0 Å². The molecule has 0 bridgehead atoms. The number of morpholine rings is 1. The molecule has 0 amide bonds. The molecule has 4 heteroatoms. The van der Waals surface area contributed by atoms with Crippen molar-refractivity contribution in [3.05, 3.63) is 23.9 Å². The van der Waals surface area contributed by atoms with Gasteiger partial charge < -0.3 is 15.4 Å². The van der Waals surface area contributed by atoms with Gasteiger partial charge in [-0.25, -0.2) is 4.98 Å². The van der Waals surface area contributed by atoms with E-state index in [1.807, 2.05) is 6.20 Å². The van der Waals surface area contributed by atoms with Gasteiger partial charge in [-0.05, 0) is 38.4 Å². The molecule has 2 heterocycles. The van der Waals surface area contributed by atoms with E-state index in [4.69, 9.17) is 10.5 Å². The third-order valence-electron chi connectivity index (χ3n) is 2.99. The molecule has 2 atom stereocenters. The molecule has 94 valence electrons. The molecular formula is C13H21N3O. The van der Waals surface area contributed by atoms with Gasteiger partial charge in [-0.1, -0.05) is 6.07 Å². The summed E-state index contributed by atoms with van der Waals surface area (Å²) in [4.78, 5) is 6.79. The lowest BCUT2D eigenvalue weighted by Gasteiger charge is -2.36. The van der Waals surface area contributed by atoms with Crippen LogP contribution in [0.5, 0.6) is 0 Å². The second-order valence-electron chi connectivity index (χ2n) is 4.73. The number of anilines is 1. The van der Waals surface area contributed by atoms with Crippen molar-refractivity contribution in [3.8, 4) is 0 Å². The molecule has 1 aromatic rings. The molecule has 4 nitrogen and oxygen atoms in total. The van der Waals surface area contributed by atoms with Gasteiger partial charge in [0.1, 0.15) is 5.82 Å². The second kappa shape index (κ2) is 5.47. The fraction of sp³-hybridized carbons (Fsp3) is 0.615. The molecule has 2 rings (SSSR count). The normalized spacial score (nSPS) is 25.0. The lowest BCUT2D eigenvalue weighted by molar-refractivity contribution is -0.00545. The quantitative estimate of drug-likeness (QED) is 0.855. The number of aromatic nitrogens is 1. The van der Waals surface area contributed by atoms with Crippen molar-refractivity contribution in [1.29, 1.82) is 0 Å². The zero-order valence-electron chi connectivity index (χ0n) is 10.6. The maximum atomic E-state index is 5.71. The lowest BCUT2D eigenvalue weighted by atomic mass is 10.2. The van der Waals surface area contributed by atoms with Gasteiger partial charge in [0.25, 0.3) is 0 Å². The van der Waals surface area contributed by atoms with Gasteiger partial charge in [0.2, 0.25) is 0 Å². The molecule has 1 aromatic heterocycles. The number of nitrogens with two attached hydrogens (primary N) is 1. The molecule has 1 aliphatic heterocycles. The van der Waals surface area contributed by atoms with E-state index in [2.05, 4.69) is 35.9 Å². The SMILES string of the molecule is C[C@@H]1CN(c2ccc(CCN)cn2)C[C@H](C)O1. The van der Waals surface area contributed by atoms with E-state index >= 15 is 0 Å². The molecule has 0 radical (unpaired) electrons. The fourth-order valence-corrected chi connectivity index (χ4v) is 2.28. The van der Waals surface area contributed by atoms with Crippen molar-refractivity contribution >= 4 is 5.82 Å². The zero-order valence-corrected chi connectivity index (χ0v) is 10.6. The first-order chi connectivity index (χ1) is 8.19. The van der Waals surface area contributed by atoms with Crippen LogP contribution in [0, 0.1) is 0 Å². The maximum absolute atomic E-state index is 5.71. The monoisotopic (exact) mass is 235 g/mol. The lowest BCUT2D eigenvalue weighted by Crippen LogP contribution is -2.45. The van der Waals surface area contributed by atoms with E-state index in [0.29, 0.717) is 6.54 Å². The summed E-state index contributed by atoms with van der Waals surface area (Å²) in [5, 5.41) is 0. The Morgan fingerprint density at radius 2 is 2.06 bits per heavy atom. The Morgan fingerprint density at radius 1 is 1.35 bits per heavy atom. The molecule has 0 unspecified atom stereocenters. The molecule has 1 aliphatic rings. The van der Waals surface area contributed by atoms with Crippen molar-refractivity contribution in [1.82, 2.24) is 4.98 Å². The molecule has 0 aliphatic carbocycles. The zero-order chi connectivity index (χ0) is 12.3. The standard InChI is InChI=1S/C13H21N3O/c1-10-8-16(9-11(2)17-10)13-4-3-12(5-6-14)7-15-13/h3-4,7,10-11H,5-6,8-9,14H2,1-2H3/t10-,11+. The number of rotatable bonds is 3. The average Bonchev–Trinajstić information content (AvgIpc) is 2.29. The highest BCUT2D eigenvalue weighted by atomic mass is 16.5. The summed E-state index contributed by atoms with van der Waals surface area (Å²) in [5.74, 6) is 1.03. The molecule has 17 heavy (non-hydrogen) atoms. The third kappa shape index (κ3) is 3.17. The molecule has 0 saturated carbocycles. The number of nitrogens with zero attached hydrogens (tertiary/aromatic N) is 2. The Hall–Kier alpha value is -1.13. The summed E-state index contributed by atoms with van der Waals surface area (Å²) in [5.41, 5.74) is 6.72. The highest BCUT2D eigenvalue weighted by Crippen LogP contribution is 2.18. The van der Waals surface area contributed by atoms with E-state index in [1.54, 1.807) is 0 Å². The van der Waals surface area contributed by atoms with E-state index in [1.165, 1.54) is 5.56 Å². The molecule has 1 saturated heterocycles. The summed E-state index contributed by atoms with van der Waals surface area (Å²) in [6, 6.07) is 4.19. The van der Waals surface area contributed by atoms with Crippen LogP contribution in [0.1, 0.15) is 19.4 Å². The molecular weight excluding hydrogens is 214 g/mol. The van der Waals surface area contributed by atoms with Crippen molar-refractivity contribution in [2.75, 3.05) is 24.5 Å². The van der Waals surface area contributed by atoms with Crippen molar-refractivity contribution < 1.29 is 4.74 Å². The van der Waals surface area contributed by atoms with E-state index in [9.17, 15) is 0 Å². The van der Waals surface area contributed by atoms with Crippen molar-refractivity contribution in [2.45, 2.75) is 32.5 Å². The van der Waals surface area contributed by atoms with E-state index in [0.717, 1.165) is 25.3 Å². The highest BCUT2D eigenvalue weighted by molar-refractivity contribution is 5.40. The molecule has 0 spiro atoms. The van der Waals surface area contributed by atoms with Gasteiger partial charge in [0.15, 0.2) is 0 Å². The Kier molecular flexibility index (Phi) is 3.97. The van der Waals surface area contributed by atoms with Crippen LogP contribution < -0.4 is 10.6 Å². The second-order valence-corrected chi connectivity index (χ2v) is 4.73. The van der Waals surface area contributed by atoms with Crippen LogP contribution in [0.4, 0.5) is 5.82 Å². The van der Waals surface area contributed by atoms with Gasteiger partial charge in [-0.15, -0.1) is 0 Å². The fourth-order valence-electron chi connectivity index (χ4n) is 2.28. The van der Waals surface area contributed by atoms with Crippen LogP contribution in [-0.4, -0.2) is 36.8 Å². The minimum atomic E-state index is 0.268. The van der Waals surface area contributed by atoms with Gasteiger partial charge in [-0.3, -0.25) is 0 Å². The number of hydrogen-bond acceptors (Lipinski definition) is 4. The van der Waals surface area contributed by atoms with E-state index < -0.39 is 0 Å². The van der Waals surface area contributed by atoms with Gasteiger partial charge in [0, 0.05) is 19.3 Å². The summed E-state index contributed by atoms with van der Waals surface area (Å²) in [7, 11) is 0. The highest BCUT2D eigenvalue weighted by Gasteiger charge is 2.22. The Labute approximate surface area is 103 Å². The predicted octanol–water partition coefficient (Wildman–Crippen LogP) is 1.20. The molecule has 1 fully saturated rings. The van der Waals surface area contributed by atoms with Crippen LogP contribution in [0.15, 0.2) is 18.3 Å². The van der Waals surface area contributed by atoms with Crippen LogP contribution in [0.2, 0.25) is 0 Å².